The Morgan fingerprint density at radius 3 is 2.88 bits per heavy atom. The molecule has 2 aromatic rings. The Balaban J connectivity index is 2.50. The van der Waals surface area contributed by atoms with E-state index in [-0.39, 0.29) is 0 Å². The van der Waals surface area contributed by atoms with Crippen LogP contribution in [0.4, 0.5) is 0 Å². The molecule has 1 heterocycles. The molecule has 2 rings (SSSR count). The number of rotatable bonds is 5. The third kappa shape index (κ3) is 2.39. The molecule has 92 valence electrons. The molecule has 0 atom stereocenters. The molecule has 0 radical (unpaired) electrons. The largest absolute Gasteiger partial charge is 0.497 e. The van der Waals surface area contributed by atoms with Crippen LogP contribution in [0, 0.1) is 0 Å². The molecule has 0 N–H and O–H groups in total. The van der Waals surface area contributed by atoms with Gasteiger partial charge in [0.1, 0.15) is 11.6 Å². The Morgan fingerprint density at radius 2 is 2.24 bits per heavy atom. The van der Waals surface area contributed by atoms with Crippen LogP contribution < -0.4 is 4.74 Å². The zero-order chi connectivity index (χ0) is 12.3. The molecule has 0 spiro atoms. The van der Waals surface area contributed by atoms with Crippen molar-refractivity contribution >= 4 is 22.6 Å². The van der Waals surface area contributed by atoms with Crippen molar-refractivity contribution < 1.29 is 4.74 Å². The first-order valence-electron chi connectivity index (χ1n) is 5.89. The van der Waals surface area contributed by atoms with Gasteiger partial charge in [0, 0.05) is 12.6 Å². The number of methoxy groups -OCH3 is 1. The average Bonchev–Trinajstić information content (AvgIpc) is 2.73. The van der Waals surface area contributed by atoms with E-state index in [1.807, 2.05) is 18.2 Å². The van der Waals surface area contributed by atoms with Gasteiger partial charge in [-0.15, -0.1) is 11.6 Å². The van der Waals surface area contributed by atoms with Gasteiger partial charge in [-0.3, -0.25) is 0 Å². The maximum absolute atomic E-state index is 5.94. The number of nitrogens with zero attached hydrogens (tertiary/aromatic N) is 2. The van der Waals surface area contributed by atoms with Gasteiger partial charge < -0.3 is 9.30 Å². The lowest BCUT2D eigenvalue weighted by Crippen LogP contribution is -2.02. The average molecular weight is 253 g/mol. The molecule has 0 aliphatic heterocycles. The second kappa shape index (κ2) is 5.41. The topological polar surface area (TPSA) is 27.1 Å². The van der Waals surface area contributed by atoms with Crippen molar-refractivity contribution in [1.82, 2.24) is 9.55 Å². The molecule has 3 nitrogen and oxygen atoms in total. The second-order valence-electron chi connectivity index (χ2n) is 4.02. The summed E-state index contributed by atoms with van der Waals surface area (Å²) in [5, 5.41) is 0. The molecule has 0 amide bonds. The molecule has 0 fully saturated rings. The number of hydrogen-bond donors (Lipinski definition) is 0. The van der Waals surface area contributed by atoms with E-state index >= 15 is 0 Å². The van der Waals surface area contributed by atoms with Gasteiger partial charge >= 0.3 is 0 Å². The van der Waals surface area contributed by atoms with Crippen molar-refractivity contribution in [3.8, 4) is 5.75 Å². The maximum Gasteiger partial charge on any atom is 0.124 e. The highest BCUT2D eigenvalue weighted by Crippen LogP contribution is 2.23. The van der Waals surface area contributed by atoms with E-state index in [0.29, 0.717) is 5.88 Å². The van der Waals surface area contributed by atoms with E-state index in [2.05, 4.69) is 16.5 Å². The molecule has 0 aliphatic rings. The lowest BCUT2D eigenvalue weighted by Gasteiger charge is -2.07. The van der Waals surface area contributed by atoms with Gasteiger partial charge in [-0.1, -0.05) is 13.3 Å². The van der Waals surface area contributed by atoms with Crippen molar-refractivity contribution in [3.05, 3.63) is 24.0 Å². The van der Waals surface area contributed by atoms with Gasteiger partial charge in [-0.2, -0.15) is 0 Å². The predicted molar refractivity (Wildman–Crippen MR) is 70.8 cm³/mol. The van der Waals surface area contributed by atoms with Gasteiger partial charge in [0.15, 0.2) is 0 Å². The second-order valence-corrected chi connectivity index (χ2v) is 4.29. The van der Waals surface area contributed by atoms with Crippen LogP contribution in [0.15, 0.2) is 18.2 Å². The number of unbranched alkanes of at least 4 members (excludes halogenated alkanes) is 1. The highest BCUT2D eigenvalue weighted by Gasteiger charge is 2.10. The molecular formula is C13H17ClN2O. The number of aryl methyl sites for hydroxylation is 1. The zero-order valence-corrected chi connectivity index (χ0v) is 11.0. The van der Waals surface area contributed by atoms with E-state index in [4.69, 9.17) is 16.3 Å². The molecule has 4 heteroatoms. The molecule has 1 aromatic carbocycles. The minimum atomic E-state index is 0.445. The van der Waals surface area contributed by atoms with Crippen LogP contribution in [0.25, 0.3) is 11.0 Å². The van der Waals surface area contributed by atoms with Gasteiger partial charge in [0.25, 0.3) is 0 Å². The van der Waals surface area contributed by atoms with E-state index in [0.717, 1.165) is 42.0 Å². The minimum absolute atomic E-state index is 0.445. The minimum Gasteiger partial charge on any atom is -0.497 e. The van der Waals surface area contributed by atoms with Gasteiger partial charge in [0.05, 0.1) is 24.0 Å². The smallest absolute Gasteiger partial charge is 0.124 e. The summed E-state index contributed by atoms with van der Waals surface area (Å²) in [6.45, 7) is 3.14. The van der Waals surface area contributed by atoms with E-state index < -0.39 is 0 Å². The summed E-state index contributed by atoms with van der Waals surface area (Å²) in [5.74, 6) is 2.24. The summed E-state index contributed by atoms with van der Waals surface area (Å²) in [6.07, 6.45) is 2.29. The van der Waals surface area contributed by atoms with Crippen LogP contribution in [-0.2, 0) is 12.4 Å². The van der Waals surface area contributed by atoms with Gasteiger partial charge in [-0.25, -0.2) is 4.98 Å². The third-order valence-corrected chi connectivity index (χ3v) is 3.13. The van der Waals surface area contributed by atoms with Crippen LogP contribution >= 0.6 is 11.6 Å². The number of aromatic nitrogens is 2. The van der Waals surface area contributed by atoms with E-state index in [9.17, 15) is 0 Å². The number of alkyl halides is 1. The van der Waals surface area contributed by atoms with Crippen molar-refractivity contribution in [2.24, 2.45) is 0 Å². The number of fused-ring (bicyclic) bond motifs is 1. The highest BCUT2D eigenvalue weighted by molar-refractivity contribution is 6.16. The van der Waals surface area contributed by atoms with Crippen LogP contribution in [0.1, 0.15) is 25.6 Å². The van der Waals surface area contributed by atoms with Crippen LogP contribution in [0.5, 0.6) is 5.75 Å². The number of imidazole rings is 1. The van der Waals surface area contributed by atoms with Crippen LogP contribution in [0.2, 0.25) is 0 Å². The Morgan fingerprint density at radius 1 is 1.41 bits per heavy atom. The molecule has 0 saturated carbocycles. The quantitative estimate of drug-likeness (QED) is 0.761. The van der Waals surface area contributed by atoms with Crippen molar-refractivity contribution in [1.29, 1.82) is 0 Å². The van der Waals surface area contributed by atoms with Crippen LogP contribution in [0.3, 0.4) is 0 Å². The summed E-state index contributed by atoms with van der Waals surface area (Å²) in [4.78, 5) is 4.53. The monoisotopic (exact) mass is 252 g/mol. The molecule has 0 bridgehead atoms. The van der Waals surface area contributed by atoms with E-state index in [1.165, 1.54) is 0 Å². The van der Waals surface area contributed by atoms with Gasteiger partial charge in [0.2, 0.25) is 0 Å². The fourth-order valence-corrected chi connectivity index (χ4v) is 2.15. The molecule has 0 saturated heterocycles. The Kier molecular flexibility index (Phi) is 3.89. The summed E-state index contributed by atoms with van der Waals surface area (Å²) in [7, 11) is 1.68. The highest BCUT2D eigenvalue weighted by atomic mass is 35.5. The molecule has 0 unspecified atom stereocenters. The molecular weight excluding hydrogens is 236 g/mol. The number of halogens is 1. The first-order valence-corrected chi connectivity index (χ1v) is 6.42. The molecule has 0 aliphatic carbocycles. The Hall–Kier alpha value is -1.22. The molecule has 1 aromatic heterocycles. The zero-order valence-electron chi connectivity index (χ0n) is 10.2. The lowest BCUT2D eigenvalue weighted by molar-refractivity contribution is 0.415. The predicted octanol–water partition coefficient (Wildman–Crippen LogP) is 3.58. The van der Waals surface area contributed by atoms with E-state index in [1.54, 1.807) is 7.11 Å². The summed E-state index contributed by atoms with van der Waals surface area (Å²) < 4.78 is 7.44. The first-order chi connectivity index (χ1) is 8.30. The van der Waals surface area contributed by atoms with Crippen LogP contribution in [-0.4, -0.2) is 16.7 Å². The Labute approximate surface area is 106 Å². The maximum atomic E-state index is 5.94. The van der Waals surface area contributed by atoms with Crippen molar-refractivity contribution in [2.45, 2.75) is 32.2 Å². The SMILES string of the molecule is CCCCn1c(CCl)nc2ccc(OC)cc21. The summed E-state index contributed by atoms with van der Waals surface area (Å²) in [5.41, 5.74) is 2.09. The number of benzene rings is 1. The summed E-state index contributed by atoms with van der Waals surface area (Å²) >= 11 is 5.94. The standard InChI is InChI=1S/C13H17ClN2O/c1-3-4-7-16-12-8-10(17-2)5-6-11(12)15-13(16)9-14/h5-6,8H,3-4,7,9H2,1-2H3. The van der Waals surface area contributed by atoms with Crippen molar-refractivity contribution in [3.63, 3.8) is 0 Å². The molecule has 17 heavy (non-hydrogen) atoms. The third-order valence-electron chi connectivity index (χ3n) is 2.89. The fourth-order valence-electron chi connectivity index (χ4n) is 1.95. The van der Waals surface area contributed by atoms with Crippen molar-refractivity contribution in [2.75, 3.05) is 7.11 Å². The normalized spacial score (nSPS) is 11.0. The summed E-state index contributed by atoms with van der Waals surface area (Å²) in [6, 6.07) is 5.93. The number of hydrogen-bond acceptors (Lipinski definition) is 2. The van der Waals surface area contributed by atoms with Gasteiger partial charge in [-0.05, 0) is 18.6 Å². The fraction of sp³-hybridized carbons (Fsp3) is 0.462. The Bertz CT molecular complexity index is 507. The lowest BCUT2D eigenvalue weighted by atomic mass is 10.3. The first kappa shape index (κ1) is 12.2. The number of ether oxygens (including phenoxy) is 1.